The van der Waals surface area contributed by atoms with E-state index >= 15 is 0 Å². The van der Waals surface area contributed by atoms with Crippen molar-refractivity contribution < 1.29 is 9.90 Å². The van der Waals surface area contributed by atoms with E-state index < -0.39 is 0 Å². The van der Waals surface area contributed by atoms with Crippen LogP contribution in [0.2, 0.25) is 0 Å². The number of hydrogen-bond donors (Lipinski definition) is 3. The molecule has 1 atom stereocenters. The quantitative estimate of drug-likeness (QED) is 0.625. The Labute approximate surface area is 115 Å². The van der Waals surface area contributed by atoms with Gasteiger partial charge in [0.25, 0.3) is 0 Å². The number of aliphatic hydroxyl groups excluding tert-OH is 1. The van der Waals surface area contributed by atoms with Gasteiger partial charge in [0.15, 0.2) is 0 Å². The third-order valence-electron chi connectivity index (χ3n) is 2.85. The topological polar surface area (TPSA) is 61.4 Å². The van der Waals surface area contributed by atoms with Gasteiger partial charge in [-0.3, -0.25) is 4.79 Å². The molecule has 0 aliphatic carbocycles. The van der Waals surface area contributed by atoms with E-state index in [2.05, 4.69) is 24.5 Å². The van der Waals surface area contributed by atoms with E-state index in [9.17, 15) is 9.90 Å². The van der Waals surface area contributed by atoms with Gasteiger partial charge in [0, 0.05) is 12.5 Å². The van der Waals surface area contributed by atoms with Crippen LogP contribution in [0.25, 0.3) is 0 Å². The lowest BCUT2D eigenvalue weighted by Crippen LogP contribution is -2.31. The van der Waals surface area contributed by atoms with E-state index in [0.29, 0.717) is 12.5 Å². The molecule has 1 aromatic rings. The molecule has 1 amide bonds. The molecule has 4 heteroatoms. The van der Waals surface area contributed by atoms with Crippen molar-refractivity contribution in [2.45, 2.75) is 38.8 Å². The molecule has 0 saturated heterocycles. The number of carbonyl (C=O) groups excluding carboxylic acids is 1. The van der Waals surface area contributed by atoms with Gasteiger partial charge in [-0.2, -0.15) is 0 Å². The van der Waals surface area contributed by atoms with Crippen LogP contribution in [0.4, 0.5) is 0 Å². The molecule has 0 aliphatic rings. The van der Waals surface area contributed by atoms with Crippen molar-refractivity contribution in [2.75, 3.05) is 13.2 Å². The van der Waals surface area contributed by atoms with Gasteiger partial charge < -0.3 is 15.7 Å². The second-order valence-corrected chi connectivity index (χ2v) is 4.93. The fourth-order valence-electron chi connectivity index (χ4n) is 1.83. The van der Waals surface area contributed by atoms with Crippen LogP contribution in [0.15, 0.2) is 30.3 Å². The average molecular weight is 264 g/mol. The molecule has 1 rings (SSSR count). The van der Waals surface area contributed by atoms with Crippen LogP contribution in [0, 0.1) is 0 Å². The van der Waals surface area contributed by atoms with Gasteiger partial charge in [-0.25, -0.2) is 0 Å². The van der Waals surface area contributed by atoms with E-state index in [1.165, 1.54) is 0 Å². The molecule has 4 nitrogen and oxygen atoms in total. The Morgan fingerprint density at radius 3 is 2.53 bits per heavy atom. The van der Waals surface area contributed by atoms with Crippen LogP contribution in [0.5, 0.6) is 0 Å². The Morgan fingerprint density at radius 2 is 1.95 bits per heavy atom. The highest BCUT2D eigenvalue weighted by atomic mass is 16.3. The first-order chi connectivity index (χ1) is 9.13. The monoisotopic (exact) mass is 264 g/mol. The van der Waals surface area contributed by atoms with Crippen LogP contribution in [-0.4, -0.2) is 30.2 Å². The lowest BCUT2D eigenvalue weighted by Gasteiger charge is -2.17. The summed E-state index contributed by atoms with van der Waals surface area (Å²) in [4.78, 5) is 11.8. The summed E-state index contributed by atoms with van der Waals surface area (Å²) < 4.78 is 0. The predicted molar refractivity (Wildman–Crippen MR) is 76.8 cm³/mol. The highest BCUT2D eigenvalue weighted by Gasteiger charge is 2.12. The maximum absolute atomic E-state index is 11.8. The van der Waals surface area contributed by atoms with Crippen molar-refractivity contribution in [3.63, 3.8) is 0 Å². The zero-order valence-electron chi connectivity index (χ0n) is 11.7. The van der Waals surface area contributed by atoms with Gasteiger partial charge in [-0.1, -0.05) is 44.2 Å². The number of carbonyl (C=O) groups is 1. The fraction of sp³-hybridized carbons (Fsp3) is 0.533. The second-order valence-electron chi connectivity index (χ2n) is 4.93. The van der Waals surface area contributed by atoms with Crippen molar-refractivity contribution in [3.05, 3.63) is 35.9 Å². The molecule has 19 heavy (non-hydrogen) atoms. The van der Waals surface area contributed by atoms with Gasteiger partial charge in [-0.05, 0) is 18.5 Å². The highest BCUT2D eigenvalue weighted by molar-refractivity contribution is 5.76. The molecular weight excluding hydrogens is 240 g/mol. The average Bonchev–Trinajstić information content (AvgIpc) is 2.41. The normalized spacial score (nSPS) is 12.4. The zero-order valence-corrected chi connectivity index (χ0v) is 11.7. The molecule has 106 valence electrons. The van der Waals surface area contributed by atoms with Crippen molar-refractivity contribution in [1.82, 2.24) is 10.6 Å². The number of hydrogen-bond acceptors (Lipinski definition) is 3. The fourth-order valence-corrected chi connectivity index (χ4v) is 1.83. The third-order valence-corrected chi connectivity index (χ3v) is 2.85. The summed E-state index contributed by atoms with van der Waals surface area (Å²) in [6.07, 6.45) is 1.28. The molecule has 1 aromatic carbocycles. The Kier molecular flexibility index (Phi) is 7.15. The SMILES string of the molecule is CC(C)NCCCC(=O)N[C@@H](CO)c1ccccc1. The highest BCUT2D eigenvalue weighted by Crippen LogP contribution is 2.11. The summed E-state index contributed by atoms with van der Waals surface area (Å²) in [5.74, 6) is -0.0199. The van der Waals surface area contributed by atoms with Gasteiger partial charge in [0.05, 0.1) is 12.6 Å². The minimum atomic E-state index is -0.313. The van der Waals surface area contributed by atoms with E-state index in [-0.39, 0.29) is 18.6 Å². The van der Waals surface area contributed by atoms with Crippen LogP contribution >= 0.6 is 0 Å². The summed E-state index contributed by atoms with van der Waals surface area (Å²) in [5, 5.41) is 15.5. The largest absolute Gasteiger partial charge is 0.394 e. The standard InChI is InChI=1S/C15H24N2O2/c1-12(2)16-10-6-9-15(19)17-14(11-18)13-7-4-3-5-8-13/h3-5,7-8,12,14,16,18H,6,9-11H2,1-2H3,(H,17,19)/t14-/m0/s1. The smallest absolute Gasteiger partial charge is 0.220 e. The second kappa shape index (κ2) is 8.67. The zero-order chi connectivity index (χ0) is 14.1. The minimum Gasteiger partial charge on any atom is -0.394 e. The molecule has 0 unspecified atom stereocenters. The molecule has 0 bridgehead atoms. The number of benzene rings is 1. The van der Waals surface area contributed by atoms with Crippen molar-refractivity contribution in [3.8, 4) is 0 Å². The Bertz CT molecular complexity index is 366. The molecule has 0 aliphatic heterocycles. The summed E-state index contributed by atoms with van der Waals surface area (Å²) in [6, 6.07) is 9.65. The van der Waals surface area contributed by atoms with Crippen molar-refractivity contribution in [2.24, 2.45) is 0 Å². The van der Waals surface area contributed by atoms with Crippen LogP contribution in [0.3, 0.4) is 0 Å². The Morgan fingerprint density at radius 1 is 1.26 bits per heavy atom. The lowest BCUT2D eigenvalue weighted by molar-refractivity contribution is -0.122. The molecule has 0 saturated carbocycles. The van der Waals surface area contributed by atoms with Crippen LogP contribution in [-0.2, 0) is 4.79 Å². The molecular formula is C15H24N2O2. The summed E-state index contributed by atoms with van der Waals surface area (Å²) in [5.41, 5.74) is 0.929. The van der Waals surface area contributed by atoms with Crippen LogP contribution < -0.4 is 10.6 Å². The maximum atomic E-state index is 11.8. The van der Waals surface area contributed by atoms with Gasteiger partial charge in [-0.15, -0.1) is 0 Å². The minimum absolute atomic E-state index is 0.0199. The maximum Gasteiger partial charge on any atom is 0.220 e. The Balaban J connectivity index is 2.33. The molecule has 0 radical (unpaired) electrons. The third kappa shape index (κ3) is 6.36. The number of amides is 1. The summed E-state index contributed by atoms with van der Waals surface area (Å²) >= 11 is 0. The summed E-state index contributed by atoms with van der Waals surface area (Å²) in [6.45, 7) is 4.91. The summed E-state index contributed by atoms with van der Waals surface area (Å²) in [7, 11) is 0. The first kappa shape index (κ1) is 15.7. The number of aliphatic hydroxyl groups is 1. The number of nitrogens with one attached hydrogen (secondary N) is 2. The molecule has 0 fully saturated rings. The van der Waals surface area contributed by atoms with E-state index in [4.69, 9.17) is 0 Å². The predicted octanol–water partition coefficient (Wildman–Crippen LogP) is 1.61. The molecule has 0 aromatic heterocycles. The van der Waals surface area contributed by atoms with E-state index in [1.54, 1.807) is 0 Å². The molecule has 0 spiro atoms. The first-order valence-corrected chi connectivity index (χ1v) is 6.82. The van der Waals surface area contributed by atoms with Gasteiger partial charge >= 0.3 is 0 Å². The lowest BCUT2D eigenvalue weighted by atomic mass is 10.1. The van der Waals surface area contributed by atoms with Crippen LogP contribution in [0.1, 0.15) is 38.3 Å². The van der Waals surface area contributed by atoms with Gasteiger partial charge in [0.2, 0.25) is 5.91 Å². The molecule has 0 heterocycles. The van der Waals surface area contributed by atoms with Crippen molar-refractivity contribution in [1.29, 1.82) is 0 Å². The van der Waals surface area contributed by atoms with E-state index in [0.717, 1.165) is 18.5 Å². The number of rotatable bonds is 8. The Hall–Kier alpha value is -1.39. The van der Waals surface area contributed by atoms with Crippen molar-refractivity contribution >= 4 is 5.91 Å². The van der Waals surface area contributed by atoms with Gasteiger partial charge in [0.1, 0.15) is 0 Å². The first-order valence-electron chi connectivity index (χ1n) is 6.82. The van der Waals surface area contributed by atoms with E-state index in [1.807, 2.05) is 30.3 Å². The molecule has 3 N–H and O–H groups in total.